The number of benzene rings is 1. The van der Waals surface area contributed by atoms with Gasteiger partial charge in [-0.3, -0.25) is 4.79 Å². The van der Waals surface area contributed by atoms with Gasteiger partial charge in [0.15, 0.2) is 29.1 Å². The molecule has 1 nitrogen and oxygen atoms in total. The van der Waals surface area contributed by atoms with E-state index >= 15 is 0 Å². The maximum absolute atomic E-state index is 13.6. The molecule has 2 atom stereocenters. The van der Waals surface area contributed by atoms with Gasteiger partial charge in [-0.15, -0.1) is 0 Å². The van der Waals surface area contributed by atoms with Crippen molar-refractivity contribution in [3.63, 3.8) is 0 Å². The zero-order chi connectivity index (χ0) is 15.0. The van der Waals surface area contributed by atoms with Gasteiger partial charge in [-0.1, -0.05) is 19.8 Å². The Morgan fingerprint density at radius 2 is 1.40 bits per heavy atom. The third-order valence-corrected chi connectivity index (χ3v) is 3.76. The Labute approximate surface area is 112 Å². The highest BCUT2D eigenvalue weighted by Gasteiger charge is 2.34. The van der Waals surface area contributed by atoms with Crippen molar-refractivity contribution in [2.75, 3.05) is 0 Å². The fourth-order valence-corrected chi connectivity index (χ4v) is 2.70. The molecule has 1 saturated carbocycles. The summed E-state index contributed by atoms with van der Waals surface area (Å²) in [6, 6.07) is 0. The summed E-state index contributed by atoms with van der Waals surface area (Å²) in [6.07, 6.45) is 2.40. The standard InChI is InChI=1S/C14H13F5O/c1-6-3-2-4-7(5-6)14(20)8-9(15)11(17)13(19)12(18)10(8)16/h6-7H,2-5H2,1H3. The zero-order valence-electron chi connectivity index (χ0n) is 10.8. The lowest BCUT2D eigenvalue weighted by atomic mass is 9.78. The first-order valence-electron chi connectivity index (χ1n) is 6.40. The molecule has 0 amide bonds. The van der Waals surface area contributed by atoms with E-state index in [2.05, 4.69) is 0 Å². The topological polar surface area (TPSA) is 17.1 Å². The highest BCUT2D eigenvalue weighted by Crippen LogP contribution is 2.33. The molecular weight excluding hydrogens is 279 g/mol. The molecule has 1 fully saturated rings. The summed E-state index contributed by atoms with van der Waals surface area (Å²) in [5, 5.41) is 0. The molecule has 2 rings (SSSR count). The second kappa shape index (κ2) is 5.50. The van der Waals surface area contributed by atoms with Gasteiger partial charge >= 0.3 is 0 Å². The SMILES string of the molecule is CC1CCCC(C(=O)c2c(F)c(F)c(F)c(F)c2F)C1. The van der Waals surface area contributed by atoms with Crippen LogP contribution in [0.15, 0.2) is 0 Å². The third kappa shape index (κ3) is 2.43. The molecule has 0 radical (unpaired) electrons. The van der Waals surface area contributed by atoms with E-state index in [9.17, 15) is 26.7 Å². The fraction of sp³-hybridized carbons (Fsp3) is 0.500. The monoisotopic (exact) mass is 292 g/mol. The van der Waals surface area contributed by atoms with Crippen LogP contribution < -0.4 is 0 Å². The number of halogens is 5. The van der Waals surface area contributed by atoms with Crippen LogP contribution in [0.1, 0.15) is 43.0 Å². The number of Topliss-reactive ketones (excluding diaryl/α,β-unsaturated/α-hetero) is 1. The number of carbonyl (C=O) groups excluding carboxylic acids is 1. The molecule has 0 aliphatic heterocycles. The summed E-state index contributed by atoms with van der Waals surface area (Å²) in [5.41, 5.74) is -1.31. The van der Waals surface area contributed by atoms with Gasteiger partial charge in [0, 0.05) is 5.92 Å². The first-order chi connectivity index (χ1) is 9.34. The smallest absolute Gasteiger partial charge is 0.200 e. The maximum Gasteiger partial charge on any atom is 0.200 e. The minimum Gasteiger partial charge on any atom is -0.294 e. The minimum atomic E-state index is -2.24. The molecule has 110 valence electrons. The highest BCUT2D eigenvalue weighted by molar-refractivity contribution is 5.98. The minimum absolute atomic E-state index is 0.193. The first-order valence-corrected chi connectivity index (χ1v) is 6.40. The average molecular weight is 292 g/mol. The van der Waals surface area contributed by atoms with E-state index in [1.165, 1.54) is 0 Å². The van der Waals surface area contributed by atoms with Crippen molar-refractivity contribution in [2.45, 2.75) is 32.6 Å². The van der Waals surface area contributed by atoms with Crippen LogP contribution in [0.3, 0.4) is 0 Å². The van der Waals surface area contributed by atoms with Gasteiger partial charge in [0.05, 0.1) is 5.56 Å². The number of hydrogen-bond donors (Lipinski definition) is 0. The normalized spacial score (nSPS) is 22.9. The average Bonchev–Trinajstić information content (AvgIpc) is 2.43. The Morgan fingerprint density at radius 1 is 0.900 bits per heavy atom. The van der Waals surface area contributed by atoms with Crippen LogP contribution in [-0.4, -0.2) is 5.78 Å². The summed E-state index contributed by atoms with van der Waals surface area (Å²) in [4.78, 5) is 12.1. The van der Waals surface area contributed by atoms with Crippen LogP contribution in [0.4, 0.5) is 22.0 Å². The van der Waals surface area contributed by atoms with Crippen molar-refractivity contribution >= 4 is 5.78 Å². The van der Waals surface area contributed by atoms with E-state index in [0.717, 1.165) is 6.42 Å². The Morgan fingerprint density at radius 3 is 1.90 bits per heavy atom. The molecule has 1 aliphatic rings. The van der Waals surface area contributed by atoms with Gasteiger partial charge in [-0.25, -0.2) is 22.0 Å². The zero-order valence-corrected chi connectivity index (χ0v) is 10.8. The Bertz CT molecular complexity index is 526. The molecule has 2 unspecified atom stereocenters. The summed E-state index contributed by atoms with van der Waals surface area (Å²) in [5.74, 6) is -12.0. The summed E-state index contributed by atoms with van der Waals surface area (Å²) < 4.78 is 66.2. The van der Waals surface area contributed by atoms with E-state index in [1.807, 2.05) is 6.92 Å². The molecule has 0 saturated heterocycles. The fourth-order valence-electron chi connectivity index (χ4n) is 2.70. The number of rotatable bonds is 2. The predicted octanol–water partition coefficient (Wildman–Crippen LogP) is 4.39. The van der Waals surface area contributed by atoms with Crippen LogP contribution in [0.25, 0.3) is 0 Å². The predicted molar refractivity (Wildman–Crippen MR) is 61.7 cm³/mol. The Kier molecular flexibility index (Phi) is 4.11. The lowest BCUT2D eigenvalue weighted by Crippen LogP contribution is -2.25. The van der Waals surface area contributed by atoms with Crippen molar-refractivity contribution in [3.8, 4) is 0 Å². The molecule has 1 aromatic carbocycles. The lowest BCUT2D eigenvalue weighted by Gasteiger charge is -2.25. The summed E-state index contributed by atoms with van der Waals surface area (Å²) in [7, 11) is 0. The van der Waals surface area contributed by atoms with Gasteiger partial charge in [0.2, 0.25) is 5.82 Å². The van der Waals surface area contributed by atoms with E-state index < -0.39 is 46.4 Å². The number of hydrogen-bond acceptors (Lipinski definition) is 1. The molecule has 0 heterocycles. The van der Waals surface area contributed by atoms with Crippen LogP contribution in [0.5, 0.6) is 0 Å². The van der Waals surface area contributed by atoms with E-state index in [4.69, 9.17) is 0 Å². The highest BCUT2D eigenvalue weighted by atomic mass is 19.2. The van der Waals surface area contributed by atoms with Gasteiger partial charge in [0.1, 0.15) is 0 Å². The van der Waals surface area contributed by atoms with Crippen molar-refractivity contribution < 1.29 is 26.7 Å². The molecule has 1 aliphatic carbocycles. The van der Waals surface area contributed by atoms with E-state index in [1.54, 1.807) is 0 Å². The van der Waals surface area contributed by atoms with Crippen molar-refractivity contribution in [3.05, 3.63) is 34.6 Å². The molecular formula is C14H13F5O. The Hall–Kier alpha value is -1.46. The van der Waals surface area contributed by atoms with E-state index in [-0.39, 0.29) is 5.92 Å². The summed E-state index contributed by atoms with van der Waals surface area (Å²) >= 11 is 0. The van der Waals surface area contributed by atoms with Gasteiger partial charge < -0.3 is 0 Å². The summed E-state index contributed by atoms with van der Waals surface area (Å²) in [6.45, 7) is 1.89. The number of carbonyl (C=O) groups is 1. The molecule has 6 heteroatoms. The van der Waals surface area contributed by atoms with Crippen LogP contribution >= 0.6 is 0 Å². The van der Waals surface area contributed by atoms with Gasteiger partial charge in [0.25, 0.3) is 0 Å². The second-order valence-corrected chi connectivity index (χ2v) is 5.28. The molecule has 0 spiro atoms. The molecule has 20 heavy (non-hydrogen) atoms. The van der Waals surface area contributed by atoms with E-state index in [0.29, 0.717) is 19.3 Å². The first kappa shape index (κ1) is 14.9. The van der Waals surface area contributed by atoms with Crippen molar-refractivity contribution in [1.82, 2.24) is 0 Å². The van der Waals surface area contributed by atoms with Crippen molar-refractivity contribution in [2.24, 2.45) is 11.8 Å². The van der Waals surface area contributed by atoms with Gasteiger partial charge in [-0.2, -0.15) is 0 Å². The maximum atomic E-state index is 13.6. The lowest BCUT2D eigenvalue weighted by molar-refractivity contribution is 0.0856. The number of ketones is 1. The van der Waals surface area contributed by atoms with Crippen LogP contribution in [-0.2, 0) is 0 Å². The molecule has 1 aromatic rings. The second-order valence-electron chi connectivity index (χ2n) is 5.28. The van der Waals surface area contributed by atoms with Crippen molar-refractivity contribution in [1.29, 1.82) is 0 Å². The van der Waals surface area contributed by atoms with Crippen LogP contribution in [0.2, 0.25) is 0 Å². The molecule has 0 N–H and O–H groups in total. The Balaban J connectivity index is 2.44. The third-order valence-electron chi connectivity index (χ3n) is 3.76. The van der Waals surface area contributed by atoms with Gasteiger partial charge in [-0.05, 0) is 18.8 Å². The molecule has 0 bridgehead atoms. The quantitative estimate of drug-likeness (QED) is 0.342. The van der Waals surface area contributed by atoms with Crippen LogP contribution in [0, 0.1) is 40.9 Å². The molecule has 0 aromatic heterocycles. The largest absolute Gasteiger partial charge is 0.294 e.